The van der Waals surface area contributed by atoms with Crippen molar-refractivity contribution in [3.63, 3.8) is 0 Å². The molecule has 0 aliphatic rings. The number of methoxy groups -OCH3 is 2. The number of anilines is 1. The van der Waals surface area contributed by atoms with Crippen molar-refractivity contribution < 1.29 is 14.3 Å². The highest BCUT2D eigenvalue weighted by atomic mass is 35.5. The maximum atomic E-state index is 12.0. The Kier molecular flexibility index (Phi) is 5.66. The number of ether oxygens (including phenoxy) is 2. The fourth-order valence-corrected chi connectivity index (χ4v) is 2.31. The van der Waals surface area contributed by atoms with E-state index in [9.17, 15) is 4.79 Å². The summed E-state index contributed by atoms with van der Waals surface area (Å²) in [7, 11) is 3.16. The molecular weight excluding hydrogens is 314 g/mol. The van der Waals surface area contributed by atoms with Crippen LogP contribution in [0.5, 0.6) is 11.5 Å². The fraction of sp³-hybridized carbons (Fsp3) is 0.167. The predicted molar refractivity (Wildman–Crippen MR) is 93.4 cm³/mol. The minimum atomic E-state index is -0.277. The number of nitrogens with one attached hydrogen (secondary N) is 1. The minimum Gasteiger partial charge on any atom is -0.497 e. The van der Waals surface area contributed by atoms with E-state index >= 15 is 0 Å². The summed E-state index contributed by atoms with van der Waals surface area (Å²) in [6.45, 7) is 1.94. The third kappa shape index (κ3) is 4.50. The first kappa shape index (κ1) is 16.9. The topological polar surface area (TPSA) is 47.6 Å². The normalized spacial score (nSPS) is 10.6. The van der Waals surface area contributed by atoms with E-state index in [-0.39, 0.29) is 5.91 Å². The molecular formula is C18H18ClNO3. The van der Waals surface area contributed by atoms with Gasteiger partial charge < -0.3 is 14.8 Å². The largest absolute Gasteiger partial charge is 0.497 e. The standard InChI is InChI=1S/C18H18ClNO3/c1-12-4-7-16(15(19)10-12)20-18(21)9-5-13-11-14(22-2)6-8-17(13)23-3/h4-11H,1-3H3,(H,20,21)/b9-5+. The van der Waals surface area contributed by atoms with Crippen LogP contribution in [0.1, 0.15) is 11.1 Å². The van der Waals surface area contributed by atoms with Gasteiger partial charge in [-0.2, -0.15) is 0 Å². The number of amides is 1. The van der Waals surface area contributed by atoms with Crippen LogP contribution < -0.4 is 14.8 Å². The number of carbonyl (C=O) groups is 1. The van der Waals surface area contributed by atoms with E-state index in [1.807, 2.05) is 13.0 Å². The summed E-state index contributed by atoms with van der Waals surface area (Å²) in [6, 6.07) is 10.8. The smallest absolute Gasteiger partial charge is 0.248 e. The second kappa shape index (κ2) is 7.70. The Bertz CT molecular complexity index is 741. The summed E-state index contributed by atoms with van der Waals surface area (Å²) in [4.78, 5) is 12.0. The Labute approximate surface area is 140 Å². The Balaban J connectivity index is 2.14. The Morgan fingerprint density at radius 2 is 1.91 bits per heavy atom. The molecule has 0 radical (unpaired) electrons. The van der Waals surface area contributed by atoms with Gasteiger partial charge in [-0.1, -0.05) is 17.7 Å². The quantitative estimate of drug-likeness (QED) is 0.830. The van der Waals surface area contributed by atoms with E-state index in [4.69, 9.17) is 21.1 Å². The molecule has 0 bridgehead atoms. The van der Waals surface area contributed by atoms with Gasteiger partial charge in [-0.05, 0) is 48.9 Å². The van der Waals surface area contributed by atoms with Gasteiger partial charge in [0.05, 0.1) is 24.9 Å². The lowest BCUT2D eigenvalue weighted by molar-refractivity contribution is -0.111. The monoisotopic (exact) mass is 331 g/mol. The van der Waals surface area contributed by atoms with Crippen LogP contribution in [0.15, 0.2) is 42.5 Å². The van der Waals surface area contributed by atoms with Crippen molar-refractivity contribution in [2.75, 3.05) is 19.5 Å². The summed E-state index contributed by atoms with van der Waals surface area (Å²) in [6.07, 6.45) is 3.09. The van der Waals surface area contributed by atoms with Gasteiger partial charge >= 0.3 is 0 Å². The van der Waals surface area contributed by atoms with Gasteiger partial charge in [0.1, 0.15) is 11.5 Å². The molecule has 0 saturated heterocycles. The summed E-state index contributed by atoms with van der Waals surface area (Å²) >= 11 is 6.10. The van der Waals surface area contributed by atoms with E-state index in [0.717, 1.165) is 11.1 Å². The van der Waals surface area contributed by atoms with Crippen LogP contribution in [0.2, 0.25) is 5.02 Å². The fourth-order valence-electron chi connectivity index (χ4n) is 2.03. The third-order valence-corrected chi connectivity index (χ3v) is 3.55. The SMILES string of the molecule is COc1ccc(OC)c(/C=C/C(=O)Nc2ccc(C)cc2Cl)c1. The summed E-state index contributed by atoms with van der Waals surface area (Å²) in [5.41, 5.74) is 2.35. The number of hydrogen-bond acceptors (Lipinski definition) is 3. The van der Waals surface area contributed by atoms with Gasteiger partial charge in [0.25, 0.3) is 0 Å². The maximum Gasteiger partial charge on any atom is 0.248 e. The van der Waals surface area contributed by atoms with Crippen molar-refractivity contribution in [3.05, 3.63) is 58.6 Å². The van der Waals surface area contributed by atoms with Crippen LogP contribution in [0.4, 0.5) is 5.69 Å². The number of hydrogen-bond donors (Lipinski definition) is 1. The maximum absolute atomic E-state index is 12.0. The van der Waals surface area contributed by atoms with Gasteiger partial charge in [-0.3, -0.25) is 4.79 Å². The molecule has 0 fully saturated rings. The minimum absolute atomic E-state index is 0.277. The van der Waals surface area contributed by atoms with Crippen LogP contribution in [-0.4, -0.2) is 20.1 Å². The molecule has 1 amide bonds. The zero-order chi connectivity index (χ0) is 16.8. The highest BCUT2D eigenvalue weighted by Crippen LogP contribution is 2.25. The first-order valence-corrected chi connectivity index (χ1v) is 7.38. The average Bonchev–Trinajstić information content (AvgIpc) is 2.55. The first-order valence-electron chi connectivity index (χ1n) is 7.00. The van der Waals surface area contributed by atoms with Crippen molar-refractivity contribution in [1.29, 1.82) is 0 Å². The molecule has 0 unspecified atom stereocenters. The molecule has 0 aliphatic heterocycles. The van der Waals surface area contributed by atoms with Crippen molar-refractivity contribution >= 4 is 29.3 Å². The van der Waals surface area contributed by atoms with Gasteiger partial charge in [0, 0.05) is 11.6 Å². The molecule has 2 aromatic rings. The lowest BCUT2D eigenvalue weighted by Crippen LogP contribution is -2.08. The van der Waals surface area contributed by atoms with Crippen molar-refractivity contribution in [2.24, 2.45) is 0 Å². The molecule has 0 atom stereocenters. The first-order chi connectivity index (χ1) is 11.0. The van der Waals surface area contributed by atoms with Gasteiger partial charge in [-0.25, -0.2) is 0 Å². The Hall–Kier alpha value is -2.46. The zero-order valence-electron chi connectivity index (χ0n) is 13.2. The number of carbonyl (C=O) groups excluding carboxylic acids is 1. The lowest BCUT2D eigenvalue weighted by atomic mass is 10.1. The molecule has 1 N–H and O–H groups in total. The molecule has 0 saturated carbocycles. The number of benzene rings is 2. The summed E-state index contributed by atoms with van der Waals surface area (Å²) < 4.78 is 10.4. The van der Waals surface area contributed by atoms with Gasteiger partial charge in [0.2, 0.25) is 5.91 Å². The van der Waals surface area contributed by atoms with E-state index in [1.54, 1.807) is 50.6 Å². The molecule has 0 aliphatic carbocycles. The molecule has 2 rings (SSSR count). The van der Waals surface area contributed by atoms with E-state index in [2.05, 4.69) is 5.32 Å². The molecule has 5 heteroatoms. The molecule has 23 heavy (non-hydrogen) atoms. The van der Waals surface area contributed by atoms with Gasteiger partial charge in [0.15, 0.2) is 0 Å². The van der Waals surface area contributed by atoms with Crippen LogP contribution in [0.25, 0.3) is 6.08 Å². The second-order valence-electron chi connectivity index (χ2n) is 4.91. The Morgan fingerprint density at radius 3 is 2.57 bits per heavy atom. The van der Waals surface area contributed by atoms with Crippen molar-refractivity contribution in [3.8, 4) is 11.5 Å². The second-order valence-corrected chi connectivity index (χ2v) is 5.32. The van der Waals surface area contributed by atoms with Crippen LogP contribution in [-0.2, 0) is 4.79 Å². The summed E-state index contributed by atoms with van der Waals surface area (Å²) in [5, 5.41) is 3.25. The molecule has 0 aromatic heterocycles. The number of aryl methyl sites for hydroxylation is 1. The molecule has 0 heterocycles. The van der Waals surface area contributed by atoms with Crippen LogP contribution in [0.3, 0.4) is 0 Å². The number of rotatable bonds is 5. The molecule has 0 spiro atoms. The third-order valence-electron chi connectivity index (χ3n) is 3.23. The van der Waals surface area contributed by atoms with Gasteiger partial charge in [-0.15, -0.1) is 0 Å². The van der Waals surface area contributed by atoms with Crippen LogP contribution >= 0.6 is 11.6 Å². The van der Waals surface area contributed by atoms with E-state index in [1.165, 1.54) is 6.08 Å². The molecule has 120 valence electrons. The van der Waals surface area contributed by atoms with Crippen molar-refractivity contribution in [2.45, 2.75) is 6.92 Å². The van der Waals surface area contributed by atoms with E-state index < -0.39 is 0 Å². The van der Waals surface area contributed by atoms with Crippen LogP contribution in [0, 0.1) is 6.92 Å². The lowest BCUT2D eigenvalue weighted by Gasteiger charge is -2.08. The summed E-state index contributed by atoms with van der Waals surface area (Å²) in [5.74, 6) is 1.07. The molecule has 4 nitrogen and oxygen atoms in total. The highest BCUT2D eigenvalue weighted by Gasteiger charge is 2.05. The van der Waals surface area contributed by atoms with Crippen molar-refractivity contribution in [1.82, 2.24) is 0 Å². The number of halogens is 1. The average molecular weight is 332 g/mol. The van der Waals surface area contributed by atoms with E-state index in [0.29, 0.717) is 22.2 Å². The Morgan fingerprint density at radius 1 is 1.13 bits per heavy atom. The molecule has 2 aromatic carbocycles. The predicted octanol–water partition coefficient (Wildman–Crippen LogP) is 4.32. The highest BCUT2D eigenvalue weighted by molar-refractivity contribution is 6.33. The zero-order valence-corrected chi connectivity index (χ0v) is 14.0.